The second-order valence-electron chi connectivity index (χ2n) is 11.3. The first kappa shape index (κ1) is 31.7. The van der Waals surface area contributed by atoms with Crippen molar-refractivity contribution in [2.75, 3.05) is 13.1 Å². The van der Waals surface area contributed by atoms with Gasteiger partial charge in [-0.2, -0.15) is 0 Å². The summed E-state index contributed by atoms with van der Waals surface area (Å²) in [7, 11) is 0. The summed E-state index contributed by atoms with van der Waals surface area (Å²) in [6.07, 6.45) is 13.1. The fourth-order valence-electron chi connectivity index (χ4n) is 5.46. The number of unbranched alkanes of at least 4 members (excludes halogenated alkanes) is 3. The van der Waals surface area contributed by atoms with Crippen molar-refractivity contribution in [2.45, 2.75) is 107 Å². The van der Waals surface area contributed by atoms with Gasteiger partial charge >= 0.3 is 6.09 Å². The number of nitrogens with zero attached hydrogens (tertiary/aromatic N) is 1. The molecule has 41 heavy (non-hydrogen) atoms. The maximum atomic E-state index is 13.5. The number of alkyl carbamates (subject to hydrolysis) is 1. The van der Waals surface area contributed by atoms with Crippen LogP contribution in [0.1, 0.15) is 77.6 Å². The fourth-order valence-corrected chi connectivity index (χ4v) is 6.59. The minimum atomic E-state index is -1.62. The molecule has 1 saturated heterocycles. The number of hydrogen-bond donors (Lipinski definition) is 2. The average molecular weight is 653 g/mol. The molecule has 0 bridgehead atoms. The molecule has 2 saturated carbocycles. The van der Waals surface area contributed by atoms with Crippen LogP contribution in [0.5, 0.6) is 0 Å². The van der Waals surface area contributed by atoms with Gasteiger partial charge in [-0.3, -0.25) is 13.8 Å². The Labute approximate surface area is 254 Å². The van der Waals surface area contributed by atoms with Crippen LogP contribution in [0.2, 0.25) is 0 Å². The van der Waals surface area contributed by atoms with Gasteiger partial charge in [0.15, 0.2) is 11.1 Å². The third kappa shape index (κ3) is 10.5. The van der Waals surface area contributed by atoms with E-state index in [0.717, 1.165) is 62.3 Å². The van der Waals surface area contributed by atoms with Gasteiger partial charge in [0.1, 0.15) is 12.1 Å². The molecule has 0 radical (unpaired) electrons. The van der Waals surface area contributed by atoms with Crippen LogP contribution in [-0.2, 0) is 29.6 Å². The molecular formula is C30H42BrN3O6S. The van der Waals surface area contributed by atoms with Crippen molar-refractivity contribution >= 4 is 44.9 Å². The molecule has 3 aliphatic rings. The van der Waals surface area contributed by atoms with Crippen molar-refractivity contribution < 1.29 is 27.5 Å². The molecule has 5 atom stereocenters. The van der Waals surface area contributed by atoms with Gasteiger partial charge in [-0.15, -0.1) is 0 Å². The van der Waals surface area contributed by atoms with Gasteiger partial charge in [-0.25, -0.2) is 9.00 Å². The normalized spacial score (nSPS) is 23.9. The Morgan fingerprint density at radius 3 is 2.59 bits per heavy atom. The van der Waals surface area contributed by atoms with E-state index in [1.807, 2.05) is 12.1 Å². The second kappa shape index (κ2) is 15.8. The molecule has 4 rings (SSSR count). The number of likely N-dealkylation sites (tertiary alicyclic amines) is 1. The maximum absolute atomic E-state index is 13.5. The van der Waals surface area contributed by atoms with E-state index in [1.54, 1.807) is 24.0 Å². The van der Waals surface area contributed by atoms with E-state index < -0.39 is 23.2 Å². The van der Waals surface area contributed by atoms with E-state index in [9.17, 15) is 18.6 Å². The summed E-state index contributed by atoms with van der Waals surface area (Å²) in [5, 5.41) is 5.78. The molecule has 9 nitrogen and oxygen atoms in total. The molecule has 11 heteroatoms. The number of hydrogen-bond acceptors (Lipinski definition) is 6. The topological polar surface area (TPSA) is 114 Å². The van der Waals surface area contributed by atoms with E-state index in [-0.39, 0.29) is 30.1 Å². The number of allylic oxidation sites excluding steroid dienone is 1. The molecule has 3 amide bonds. The minimum Gasteiger partial charge on any atom is -0.446 e. The number of rotatable bonds is 14. The van der Waals surface area contributed by atoms with Gasteiger partial charge in [-0.05, 0) is 88.0 Å². The van der Waals surface area contributed by atoms with Crippen LogP contribution in [0.3, 0.4) is 0 Å². The summed E-state index contributed by atoms with van der Waals surface area (Å²) >= 11 is 1.75. The molecule has 2 N–H and O–H groups in total. The van der Waals surface area contributed by atoms with E-state index in [4.69, 9.17) is 8.92 Å². The van der Waals surface area contributed by atoms with E-state index in [0.29, 0.717) is 36.7 Å². The highest BCUT2D eigenvalue weighted by atomic mass is 79.9. The summed E-state index contributed by atoms with van der Waals surface area (Å²) in [6, 6.07) is 6.74. The summed E-state index contributed by atoms with van der Waals surface area (Å²) in [6.45, 7) is 2.37. The summed E-state index contributed by atoms with van der Waals surface area (Å²) in [5.41, 5.74) is 0. The molecule has 1 aromatic rings. The molecule has 1 aliphatic heterocycles. The third-order valence-corrected chi connectivity index (χ3v) is 9.46. The van der Waals surface area contributed by atoms with Crippen LogP contribution in [0, 0.1) is 5.92 Å². The molecule has 1 aromatic carbocycles. The molecule has 0 spiro atoms. The quantitative estimate of drug-likeness (QED) is 0.212. The number of carbonyl (C=O) groups is 3. The van der Waals surface area contributed by atoms with Crippen LogP contribution in [-0.4, -0.2) is 64.4 Å². The second-order valence-corrected chi connectivity index (χ2v) is 13.3. The first-order valence-electron chi connectivity index (χ1n) is 14.8. The average Bonchev–Trinajstić information content (AvgIpc) is 3.28. The van der Waals surface area contributed by atoms with Crippen molar-refractivity contribution in [2.24, 2.45) is 5.92 Å². The zero-order valence-electron chi connectivity index (χ0n) is 23.7. The van der Waals surface area contributed by atoms with E-state index in [1.165, 1.54) is 0 Å². The number of benzene rings is 1. The van der Waals surface area contributed by atoms with Crippen molar-refractivity contribution in [3.8, 4) is 0 Å². The molecule has 3 unspecified atom stereocenters. The van der Waals surface area contributed by atoms with Gasteiger partial charge in [0, 0.05) is 30.5 Å². The lowest BCUT2D eigenvalue weighted by Crippen LogP contribution is -2.48. The van der Waals surface area contributed by atoms with Crippen LogP contribution >= 0.6 is 15.9 Å². The van der Waals surface area contributed by atoms with Crippen LogP contribution in [0.15, 0.2) is 45.8 Å². The highest BCUT2D eigenvalue weighted by Crippen LogP contribution is 2.31. The van der Waals surface area contributed by atoms with Gasteiger partial charge in [-0.1, -0.05) is 40.9 Å². The first-order valence-corrected chi connectivity index (χ1v) is 16.7. The Bertz CT molecular complexity index is 1090. The highest BCUT2D eigenvalue weighted by Gasteiger charge is 2.35. The van der Waals surface area contributed by atoms with E-state index in [2.05, 4.69) is 38.7 Å². The smallest absolute Gasteiger partial charge is 0.408 e. The van der Waals surface area contributed by atoms with Crippen molar-refractivity contribution in [1.29, 1.82) is 0 Å². The predicted octanol–water partition coefficient (Wildman–Crippen LogP) is 5.16. The Kier molecular flexibility index (Phi) is 12.2. The number of carbonyl (C=O) groups excluding carboxylic acids is 3. The van der Waals surface area contributed by atoms with Gasteiger partial charge < -0.3 is 20.3 Å². The van der Waals surface area contributed by atoms with Crippen LogP contribution < -0.4 is 10.6 Å². The Hall–Kier alpha value is -2.24. The minimum absolute atomic E-state index is 0.0170. The molecule has 3 fully saturated rings. The number of amides is 3. The lowest BCUT2D eigenvalue weighted by Gasteiger charge is -2.25. The molecule has 0 aromatic heterocycles. The van der Waals surface area contributed by atoms with Gasteiger partial charge in [0.2, 0.25) is 11.8 Å². The summed E-state index contributed by atoms with van der Waals surface area (Å²) < 4.78 is 24.9. The fraction of sp³-hybridized carbons (Fsp3) is 0.633. The lowest BCUT2D eigenvalue weighted by atomic mass is 10.1. The monoisotopic (exact) mass is 651 g/mol. The zero-order chi connectivity index (χ0) is 29.2. The number of ether oxygens (including phenoxy) is 1. The Morgan fingerprint density at radius 2 is 1.85 bits per heavy atom. The van der Waals surface area contributed by atoms with Crippen molar-refractivity contribution in [3.05, 3.63) is 40.9 Å². The largest absolute Gasteiger partial charge is 0.446 e. The maximum Gasteiger partial charge on any atom is 0.408 e. The van der Waals surface area contributed by atoms with Crippen molar-refractivity contribution in [1.82, 2.24) is 15.5 Å². The lowest BCUT2D eigenvalue weighted by molar-refractivity contribution is -0.132. The molecule has 226 valence electrons. The first-order chi connectivity index (χ1) is 19.8. The van der Waals surface area contributed by atoms with Gasteiger partial charge in [0.05, 0.1) is 11.0 Å². The Morgan fingerprint density at radius 1 is 1.10 bits per heavy atom. The molecular weight excluding hydrogens is 610 g/mol. The SMILES string of the molecule is CC(=O)N[C@@H]1C[C@H]1/C=C\CCCCCC(NC(=O)OC1CCCC1)C(=O)N1CCC(OS(=O)c2ccc(Br)cc2)C1. The van der Waals surface area contributed by atoms with E-state index >= 15 is 0 Å². The van der Waals surface area contributed by atoms with Gasteiger partial charge in [0.25, 0.3) is 0 Å². The summed E-state index contributed by atoms with van der Waals surface area (Å²) in [4.78, 5) is 39.5. The van der Waals surface area contributed by atoms with Crippen molar-refractivity contribution in [3.63, 3.8) is 0 Å². The number of halogens is 1. The molecule has 1 heterocycles. The number of nitrogens with one attached hydrogen (secondary N) is 2. The third-order valence-electron chi connectivity index (χ3n) is 7.83. The highest BCUT2D eigenvalue weighted by molar-refractivity contribution is 9.10. The zero-order valence-corrected chi connectivity index (χ0v) is 26.1. The Balaban J connectivity index is 1.23. The standard InChI is InChI=1S/C30H42BrN3O6S/c1-21(35)32-28-19-22(28)9-5-3-2-4-6-12-27(33-30(37)39-24-10-7-8-11-24)29(36)34-18-17-25(20-34)40-41(38)26-15-13-23(31)14-16-26/h5,9,13-16,22,24-25,27-28H,2-4,6-8,10-12,17-20H2,1H3,(H,32,35)(H,33,37)/b9-5-/t22-,25?,27?,28-,41?/m1/s1. The predicted molar refractivity (Wildman–Crippen MR) is 160 cm³/mol. The van der Waals surface area contributed by atoms with Crippen LogP contribution in [0.4, 0.5) is 4.79 Å². The summed E-state index contributed by atoms with van der Waals surface area (Å²) in [5.74, 6) is 0.312. The van der Waals surface area contributed by atoms with Crippen LogP contribution in [0.25, 0.3) is 0 Å². The molecule has 2 aliphatic carbocycles.